The number of aliphatic hydroxyl groups is 1. The molecule has 0 aromatic carbocycles. The van der Waals surface area contributed by atoms with Gasteiger partial charge < -0.3 is 15.4 Å². The van der Waals surface area contributed by atoms with Gasteiger partial charge in [0.2, 0.25) is 0 Å². The van der Waals surface area contributed by atoms with Crippen LogP contribution in [0.3, 0.4) is 0 Å². The lowest BCUT2D eigenvalue weighted by Crippen LogP contribution is -2.29. The lowest BCUT2D eigenvalue weighted by Gasteiger charge is -2.24. The Morgan fingerprint density at radius 2 is 2.26 bits per heavy atom. The van der Waals surface area contributed by atoms with Crippen molar-refractivity contribution in [2.45, 2.75) is 33.2 Å². The Labute approximate surface area is 114 Å². The number of aromatic nitrogens is 2. The van der Waals surface area contributed by atoms with E-state index >= 15 is 0 Å². The molecule has 0 spiro atoms. The lowest BCUT2D eigenvalue weighted by molar-refractivity contribution is 0.236. The van der Waals surface area contributed by atoms with Crippen molar-refractivity contribution in [2.75, 3.05) is 13.2 Å². The lowest BCUT2D eigenvalue weighted by atomic mass is 9.88. The number of aliphatic hydroxyl groups excluding tert-OH is 1. The maximum Gasteiger partial charge on any atom is 0.137 e. The van der Waals surface area contributed by atoms with Crippen molar-refractivity contribution >= 4 is 11.0 Å². The normalized spacial score (nSPS) is 12.2. The molecule has 0 aliphatic heterocycles. The van der Waals surface area contributed by atoms with E-state index in [2.05, 4.69) is 35.2 Å². The van der Waals surface area contributed by atoms with E-state index in [1.165, 1.54) is 10.9 Å². The van der Waals surface area contributed by atoms with Crippen molar-refractivity contribution in [1.29, 1.82) is 0 Å². The van der Waals surface area contributed by atoms with Gasteiger partial charge >= 0.3 is 0 Å². The summed E-state index contributed by atoms with van der Waals surface area (Å²) in [4.78, 5) is 7.47. The SMILES string of the molecule is CC(C)(CCCO)CNCc1c[nH]c2ncccc12. The molecule has 2 aromatic heterocycles. The number of rotatable bonds is 7. The summed E-state index contributed by atoms with van der Waals surface area (Å²) in [6.45, 7) is 6.52. The monoisotopic (exact) mass is 261 g/mol. The highest BCUT2D eigenvalue weighted by Gasteiger charge is 2.16. The number of fused-ring (bicyclic) bond motifs is 1. The molecule has 2 heterocycles. The van der Waals surface area contributed by atoms with E-state index in [0.717, 1.165) is 31.6 Å². The van der Waals surface area contributed by atoms with E-state index < -0.39 is 0 Å². The van der Waals surface area contributed by atoms with Crippen LogP contribution in [0.15, 0.2) is 24.5 Å². The quantitative estimate of drug-likeness (QED) is 0.717. The van der Waals surface area contributed by atoms with Gasteiger partial charge in [-0.15, -0.1) is 0 Å². The van der Waals surface area contributed by atoms with Crippen LogP contribution in [0, 0.1) is 5.41 Å². The Kier molecular flexibility index (Phi) is 4.56. The molecule has 0 fully saturated rings. The minimum absolute atomic E-state index is 0.215. The smallest absolute Gasteiger partial charge is 0.137 e. The summed E-state index contributed by atoms with van der Waals surface area (Å²) in [6, 6.07) is 4.05. The number of nitrogens with one attached hydrogen (secondary N) is 2. The maximum atomic E-state index is 8.89. The summed E-state index contributed by atoms with van der Waals surface area (Å²) < 4.78 is 0. The van der Waals surface area contributed by atoms with Crippen LogP contribution >= 0.6 is 0 Å². The van der Waals surface area contributed by atoms with Gasteiger partial charge in [-0.25, -0.2) is 4.98 Å². The molecule has 0 bridgehead atoms. The second kappa shape index (κ2) is 6.17. The van der Waals surface area contributed by atoms with Crippen LogP contribution in [0.25, 0.3) is 11.0 Å². The van der Waals surface area contributed by atoms with Crippen LogP contribution in [0.4, 0.5) is 0 Å². The average molecular weight is 261 g/mol. The Hall–Kier alpha value is -1.39. The van der Waals surface area contributed by atoms with Crippen LogP contribution in [0.1, 0.15) is 32.3 Å². The molecule has 19 heavy (non-hydrogen) atoms. The zero-order chi connectivity index (χ0) is 13.7. The minimum atomic E-state index is 0.215. The third-order valence-corrected chi connectivity index (χ3v) is 3.47. The number of pyridine rings is 1. The summed E-state index contributed by atoms with van der Waals surface area (Å²) in [7, 11) is 0. The number of nitrogens with zero attached hydrogens (tertiary/aromatic N) is 1. The van der Waals surface area contributed by atoms with Gasteiger partial charge in [-0.1, -0.05) is 13.8 Å². The zero-order valence-electron chi connectivity index (χ0n) is 11.7. The highest BCUT2D eigenvalue weighted by molar-refractivity contribution is 5.79. The third kappa shape index (κ3) is 3.78. The molecule has 4 heteroatoms. The van der Waals surface area contributed by atoms with Gasteiger partial charge in [-0.2, -0.15) is 0 Å². The molecule has 0 saturated heterocycles. The molecule has 0 atom stereocenters. The largest absolute Gasteiger partial charge is 0.396 e. The standard InChI is InChI=1S/C15H23N3O/c1-15(2,6-4-8-19)11-16-9-12-10-18-14-13(12)5-3-7-17-14/h3,5,7,10,16,19H,4,6,8-9,11H2,1-2H3,(H,17,18). The molecule has 0 aliphatic carbocycles. The zero-order valence-corrected chi connectivity index (χ0v) is 11.7. The second-order valence-electron chi connectivity index (χ2n) is 5.81. The van der Waals surface area contributed by atoms with Crippen LogP contribution in [-0.4, -0.2) is 28.2 Å². The van der Waals surface area contributed by atoms with Crippen molar-refractivity contribution in [3.63, 3.8) is 0 Å². The van der Waals surface area contributed by atoms with Crippen LogP contribution in [0.2, 0.25) is 0 Å². The summed E-state index contributed by atoms with van der Waals surface area (Å²) in [6.07, 6.45) is 5.72. The number of hydrogen-bond acceptors (Lipinski definition) is 3. The first kappa shape index (κ1) is 14.0. The fourth-order valence-corrected chi connectivity index (χ4v) is 2.34. The number of hydrogen-bond donors (Lipinski definition) is 3. The molecule has 0 aliphatic rings. The summed E-state index contributed by atoms with van der Waals surface area (Å²) in [5, 5.41) is 13.6. The molecule has 0 unspecified atom stereocenters. The molecular formula is C15H23N3O. The van der Waals surface area contributed by atoms with Gasteiger partial charge in [0.1, 0.15) is 5.65 Å². The maximum absolute atomic E-state index is 8.89. The predicted octanol–water partition coefficient (Wildman–Crippen LogP) is 2.45. The first-order valence-electron chi connectivity index (χ1n) is 6.85. The van der Waals surface area contributed by atoms with Crippen LogP contribution in [0.5, 0.6) is 0 Å². The van der Waals surface area contributed by atoms with E-state index in [9.17, 15) is 0 Å². The molecule has 3 N–H and O–H groups in total. The topological polar surface area (TPSA) is 60.9 Å². The van der Waals surface area contributed by atoms with Gasteiger partial charge in [0.25, 0.3) is 0 Å². The van der Waals surface area contributed by atoms with E-state index in [-0.39, 0.29) is 12.0 Å². The van der Waals surface area contributed by atoms with Gasteiger partial charge in [0.15, 0.2) is 0 Å². The summed E-state index contributed by atoms with van der Waals surface area (Å²) >= 11 is 0. The average Bonchev–Trinajstić information content (AvgIpc) is 2.80. The van der Waals surface area contributed by atoms with Crippen molar-refractivity contribution in [3.05, 3.63) is 30.1 Å². The second-order valence-corrected chi connectivity index (χ2v) is 5.81. The molecule has 0 saturated carbocycles. The van der Waals surface area contributed by atoms with Gasteiger partial charge in [-0.3, -0.25) is 0 Å². The first-order chi connectivity index (χ1) is 9.12. The van der Waals surface area contributed by atoms with Crippen molar-refractivity contribution in [3.8, 4) is 0 Å². The van der Waals surface area contributed by atoms with E-state index in [1.807, 2.05) is 12.3 Å². The molecular weight excluding hydrogens is 238 g/mol. The van der Waals surface area contributed by atoms with Gasteiger partial charge in [0, 0.05) is 37.5 Å². The van der Waals surface area contributed by atoms with Gasteiger partial charge in [-0.05, 0) is 36.0 Å². The summed E-state index contributed by atoms with van der Waals surface area (Å²) in [5.41, 5.74) is 2.41. The van der Waals surface area contributed by atoms with Crippen molar-refractivity contribution in [2.24, 2.45) is 5.41 Å². The summed E-state index contributed by atoms with van der Waals surface area (Å²) in [5.74, 6) is 0. The van der Waals surface area contributed by atoms with E-state index in [0.29, 0.717) is 0 Å². The molecule has 2 aromatic rings. The highest BCUT2D eigenvalue weighted by Crippen LogP contribution is 2.21. The van der Waals surface area contributed by atoms with Crippen molar-refractivity contribution in [1.82, 2.24) is 15.3 Å². The third-order valence-electron chi connectivity index (χ3n) is 3.47. The van der Waals surface area contributed by atoms with E-state index in [1.54, 1.807) is 6.20 Å². The van der Waals surface area contributed by atoms with E-state index in [4.69, 9.17) is 5.11 Å². The van der Waals surface area contributed by atoms with Crippen molar-refractivity contribution < 1.29 is 5.11 Å². The Morgan fingerprint density at radius 3 is 3.05 bits per heavy atom. The Balaban J connectivity index is 1.89. The molecule has 0 amide bonds. The fraction of sp³-hybridized carbons (Fsp3) is 0.533. The highest BCUT2D eigenvalue weighted by atomic mass is 16.2. The number of aromatic amines is 1. The molecule has 104 valence electrons. The molecule has 4 nitrogen and oxygen atoms in total. The number of H-pyrrole nitrogens is 1. The Bertz CT molecular complexity index is 519. The fourth-order valence-electron chi connectivity index (χ4n) is 2.34. The van der Waals surface area contributed by atoms with Gasteiger partial charge in [0.05, 0.1) is 0 Å². The predicted molar refractivity (Wildman–Crippen MR) is 77.9 cm³/mol. The first-order valence-corrected chi connectivity index (χ1v) is 6.85. The molecule has 0 radical (unpaired) electrons. The van der Waals surface area contributed by atoms with Crippen LogP contribution in [-0.2, 0) is 6.54 Å². The van der Waals surface area contributed by atoms with Crippen LogP contribution < -0.4 is 5.32 Å². The molecule has 2 rings (SSSR count). The Morgan fingerprint density at radius 1 is 1.42 bits per heavy atom. The minimum Gasteiger partial charge on any atom is -0.396 e.